The van der Waals surface area contributed by atoms with Gasteiger partial charge in [0.1, 0.15) is 12.6 Å². The average molecular weight is 556 g/mol. The molecule has 38 heavy (non-hydrogen) atoms. The van der Waals surface area contributed by atoms with Crippen molar-refractivity contribution in [3.05, 3.63) is 94.5 Å². The van der Waals surface area contributed by atoms with Crippen LogP contribution in [0.15, 0.2) is 77.7 Å². The summed E-state index contributed by atoms with van der Waals surface area (Å²) in [4.78, 5) is 28.3. The molecule has 0 spiro atoms. The fraction of sp³-hybridized carbons (Fsp3) is 0.310. The number of carbonyl (C=O) groups is 2. The van der Waals surface area contributed by atoms with Crippen LogP contribution < -0.4 is 9.62 Å². The number of aryl methyl sites for hydroxylation is 2. The molecule has 0 unspecified atom stereocenters. The summed E-state index contributed by atoms with van der Waals surface area (Å²) in [7, 11) is -4.13. The number of anilines is 1. The standard InChI is InChI=1S/C29H34ClN3O4S/c1-20(2)31-29(35)23(5)32(18-24-10-6-8-21(3)16-24)28(34)19-33(26-11-7-9-22(4)17-26)38(36,37)27-14-12-25(30)13-15-27/h6-17,20,23H,18-19H2,1-5H3,(H,31,35)/t23-/m1/s1. The van der Waals surface area contributed by atoms with Crippen LogP contribution in [-0.4, -0.2) is 43.8 Å². The maximum absolute atomic E-state index is 13.9. The number of rotatable bonds is 10. The number of amides is 2. The van der Waals surface area contributed by atoms with Crippen molar-refractivity contribution in [1.29, 1.82) is 0 Å². The Morgan fingerprint density at radius 2 is 1.50 bits per heavy atom. The number of nitrogens with one attached hydrogen (secondary N) is 1. The fourth-order valence-corrected chi connectivity index (χ4v) is 5.57. The van der Waals surface area contributed by atoms with E-state index in [0.717, 1.165) is 21.0 Å². The van der Waals surface area contributed by atoms with E-state index in [1.165, 1.54) is 29.2 Å². The van der Waals surface area contributed by atoms with Crippen molar-refractivity contribution in [2.45, 2.75) is 58.1 Å². The maximum atomic E-state index is 13.9. The Morgan fingerprint density at radius 1 is 0.895 bits per heavy atom. The van der Waals surface area contributed by atoms with Crippen LogP contribution in [0.1, 0.15) is 37.5 Å². The molecule has 0 aliphatic carbocycles. The van der Waals surface area contributed by atoms with Gasteiger partial charge in [0.2, 0.25) is 11.8 Å². The van der Waals surface area contributed by atoms with Crippen LogP contribution in [0, 0.1) is 13.8 Å². The van der Waals surface area contributed by atoms with Crippen molar-refractivity contribution in [3.8, 4) is 0 Å². The van der Waals surface area contributed by atoms with Crippen LogP contribution >= 0.6 is 11.6 Å². The summed E-state index contributed by atoms with van der Waals surface area (Å²) in [5, 5.41) is 3.25. The van der Waals surface area contributed by atoms with E-state index < -0.39 is 28.5 Å². The predicted molar refractivity (Wildman–Crippen MR) is 152 cm³/mol. The van der Waals surface area contributed by atoms with E-state index in [1.54, 1.807) is 25.1 Å². The summed E-state index contributed by atoms with van der Waals surface area (Å²) < 4.78 is 28.7. The highest BCUT2D eigenvalue weighted by Gasteiger charge is 2.32. The van der Waals surface area contributed by atoms with Crippen molar-refractivity contribution in [2.75, 3.05) is 10.8 Å². The molecule has 0 saturated heterocycles. The molecule has 1 atom stereocenters. The molecular formula is C29H34ClN3O4S. The molecule has 9 heteroatoms. The van der Waals surface area contributed by atoms with Gasteiger partial charge in [0.25, 0.3) is 10.0 Å². The molecule has 0 radical (unpaired) electrons. The topological polar surface area (TPSA) is 86.8 Å². The Hall–Kier alpha value is -3.36. The van der Waals surface area contributed by atoms with E-state index in [-0.39, 0.29) is 23.4 Å². The summed E-state index contributed by atoms with van der Waals surface area (Å²) >= 11 is 5.99. The van der Waals surface area contributed by atoms with Crippen LogP contribution in [0.5, 0.6) is 0 Å². The highest BCUT2D eigenvalue weighted by atomic mass is 35.5. The molecule has 1 N–H and O–H groups in total. The maximum Gasteiger partial charge on any atom is 0.264 e. The third-order valence-electron chi connectivity index (χ3n) is 6.00. The van der Waals surface area contributed by atoms with Gasteiger partial charge in [-0.1, -0.05) is 53.6 Å². The van der Waals surface area contributed by atoms with Crippen LogP contribution in [0.25, 0.3) is 0 Å². The Kier molecular flexibility index (Phi) is 9.57. The third kappa shape index (κ3) is 7.36. The zero-order chi connectivity index (χ0) is 28.0. The van der Waals surface area contributed by atoms with Crippen LogP contribution in [0.3, 0.4) is 0 Å². The Balaban J connectivity index is 2.03. The highest BCUT2D eigenvalue weighted by Crippen LogP contribution is 2.26. The van der Waals surface area contributed by atoms with Gasteiger partial charge in [0.15, 0.2) is 0 Å². The number of sulfonamides is 1. The zero-order valence-electron chi connectivity index (χ0n) is 22.3. The zero-order valence-corrected chi connectivity index (χ0v) is 23.9. The normalized spacial score (nSPS) is 12.2. The lowest BCUT2D eigenvalue weighted by molar-refractivity contribution is -0.139. The van der Waals surface area contributed by atoms with Crippen LogP contribution in [0.4, 0.5) is 5.69 Å². The van der Waals surface area contributed by atoms with Gasteiger partial charge in [-0.2, -0.15) is 0 Å². The highest BCUT2D eigenvalue weighted by molar-refractivity contribution is 7.92. The second-order valence-corrected chi connectivity index (χ2v) is 12.0. The molecule has 0 saturated carbocycles. The van der Waals surface area contributed by atoms with E-state index in [9.17, 15) is 18.0 Å². The first-order valence-corrected chi connectivity index (χ1v) is 14.2. The molecule has 0 fully saturated rings. The predicted octanol–water partition coefficient (Wildman–Crippen LogP) is 5.09. The van der Waals surface area contributed by atoms with Crippen LogP contribution in [-0.2, 0) is 26.2 Å². The summed E-state index contributed by atoms with van der Waals surface area (Å²) in [6, 6.07) is 19.5. The minimum atomic E-state index is -4.13. The Bertz CT molecular complexity index is 1390. The fourth-order valence-electron chi connectivity index (χ4n) is 4.04. The first-order valence-electron chi connectivity index (χ1n) is 12.4. The number of hydrogen-bond acceptors (Lipinski definition) is 4. The molecule has 7 nitrogen and oxygen atoms in total. The molecule has 0 bridgehead atoms. The van der Waals surface area contributed by atoms with Gasteiger partial charge < -0.3 is 10.2 Å². The molecular weight excluding hydrogens is 522 g/mol. The van der Waals surface area contributed by atoms with Crippen molar-refractivity contribution < 1.29 is 18.0 Å². The Labute approximate surface area is 230 Å². The largest absolute Gasteiger partial charge is 0.352 e. The second-order valence-electron chi connectivity index (χ2n) is 9.65. The monoisotopic (exact) mass is 555 g/mol. The van der Waals surface area contributed by atoms with Crippen molar-refractivity contribution in [3.63, 3.8) is 0 Å². The number of nitrogens with zero attached hydrogens (tertiary/aromatic N) is 2. The van der Waals surface area contributed by atoms with E-state index >= 15 is 0 Å². The number of carbonyl (C=O) groups excluding carboxylic acids is 2. The molecule has 202 valence electrons. The van der Waals surface area contributed by atoms with Gasteiger partial charge in [0.05, 0.1) is 10.6 Å². The summed E-state index contributed by atoms with van der Waals surface area (Å²) in [5.41, 5.74) is 3.04. The van der Waals surface area contributed by atoms with Gasteiger partial charge in [0, 0.05) is 17.6 Å². The number of hydrogen-bond donors (Lipinski definition) is 1. The van der Waals surface area contributed by atoms with Crippen LogP contribution in [0.2, 0.25) is 5.02 Å². The number of benzene rings is 3. The summed E-state index contributed by atoms with van der Waals surface area (Å²) in [6.07, 6.45) is 0. The van der Waals surface area contributed by atoms with Gasteiger partial charge in [-0.05, 0) is 82.1 Å². The van der Waals surface area contributed by atoms with E-state index in [2.05, 4.69) is 5.32 Å². The lowest BCUT2D eigenvalue weighted by atomic mass is 10.1. The molecule has 3 rings (SSSR count). The first-order chi connectivity index (χ1) is 17.9. The molecule has 0 heterocycles. The molecule has 3 aromatic carbocycles. The first kappa shape index (κ1) is 29.2. The van der Waals surface area contributed by atoms with Gasteiger partial charge in [-0.3, -0.25) is 13.9 Å². The molecule has 0 aliphatic heterocycles. The molecule has 3 aromatic rings. The summed E-state index contributed by atoms with van der Waals surface area (Å²) in [5.74, 6) is -0.819. The third-order valence-corrected chi connectivity index (χ3v) is 8.04. The lowest BCUT2D eigenvalue weighted by Gasteiger charge is -2.32. The average Bonchev–Trinajstić information content (AvgIpc) is 2.85. The quantitative estimate of drug-likeness (QED) is 0.377. The molecule has 2 amide bonds. The van der Waals surface area contributed by atoms with E-state index in [0.29, 0.717) is 10.7 Å². The summed E-state index contributed by atoms with van der Waals surface area (Å²) in [6.45, 7) is 8.79. The van der Waals surface area contributed by atoms with E-state index in [1.807, 2.05) is 58.0 Å². The molecule has 0 aromatic heterocycles. The smallest absolute Gasteiger partial charge is 0.264 e. The number of halogens is 1. The molecule has 0 aliphatic rings. The van der Waals surface area contributed by atoms with Gasteiger partial charge in [-0.15, -0.1) is 0 Å². The lowest BCUT2D eigenvalue weighted by Crippen LogP contribution is -2.52. The van der Waals surface area contributed by atoms with Crippen molar-refractivity contribution in [2.24, 2.45) is 0 Å². The SMILES string of the molecule is Cc1cccc(CN(C(=O)CN(c2cccc(C)c2)S(=O)(=O)c2ccc(Cl)cc2)[C@H](C)C(=O)NC(C)C)c1. The van der Waals surface area contributed by atoms with E-state index in [4.69, 9.17) is 11.6 Å². The van der Waals surface area contributed by atoms with Crippen molar-refractivity contribution >= 4 is 39.1 Å². The minimum absolute atomic E-state index is 0.00652. The second kappa shape index (κ2) is 12.5. The van der Waals surface area contributed by atoms with Gasteiger partial charge >= 0.3 is 0 Å². The minimum Gasteiger partial charge on any atom is -0.352 e. The van der Waals surface area contributed by atoms with Gasteiger partial charge in [-0.25, -0.2) is 8.42 Å². The Morgan fingerprint density at radius 3 is 2.08 bits per heavy atom. The van der Waals surface area contributed by atoms with Crippen molar-refractivity contribution in [1.82, 2.24) is 10.2 Å².